The summed E-state index contributed by atoms with van der Waals surface area (Å²) in [7, 11) is 0. The molecule has 0 saturated carbocycles. The highest BCUT2D eigenvalue weighted by atomic mass is 32.1. The molecule has 0 aliphatic heterocycles. The zero-order valence-electron chi connectivity index (χ0n) is 43.3. The van der Waals surface area contributed by atoms with Gasteiger partial charge in [0.15, 0.2) is 0 Å². The van der Waals surface area contributed by atoms with Crippen LogP contribution in [0.1, 0.15) is 48.6 Å². The molecule has 13 aromatic rings. The smallest absolute Gasteiger partial charge is 0.0462 e. The van der Waals surface area contributed by atoms with Gasteiger partial charge in [-0.3, -0.25) is 0 Å². The second-order valence-electron chi connectivity index (χ2n) is 21.7. The Balaban J connectivity index is 0.826. The Morgan fingerprint density at radius 3 is 1.55 bits per heavy atom. The monoisotopic (exact) mass is 999 g/mol. The summed E-state index contributed by atoms with van der Waals surface area (Å²) in [5.74, 6) is 0. The zero-order valence-corrected chi connectivity index (χ0v) is 44.1. The lowest BCUT2D eigenvalue weighted by atomic mass is 9.74. The lowest BCUT2D eigenvalue weighted by Gasteiger charge is -2.28. The first-order valence-electron chi connectivity index (χ1n) is 26.9. The summed E-state index contributed by atoms with van der Waals surface area (Å²) in [6.07, 6.45) is 0. The second-order valence-corrected chi connectivity index (χ2v) is 22.7. The molecule has 0 fully saturated rings. The number of hydrogen-bond acceptors (Lipinski definition) is 2. The second kappa shape index (κ2) is 17.5. The third kappa shape index (κ3) is 6.99. The van der Waals surface area contributed by atoms with Gasteiger partial charge in [0.05, 0.1) is 0 Å². The van der Waals surface area contributed by atoms with Gasteiger partial charge in [-0.25, -0.2) is 0 Å². The molecule has 2 aliphatic carbocycles. The molecule has 0 amide bonds. The van der Waals surface area contributed by atoms with Crippen LogP contribution in [0.5, 0.6) is 0 Å². The van der Waals surface area contributed by atoms with E-state index in [0.717, 1.165) is 17.1 Å². The van der Waals surface area contributed by atoms with Crippen molar-refractivity contribution in [3.63, 3.8) is 0 Å². The first-order chi connectivity index (χ1) is 37.8. The van der Waals surface area contributed by atoms with E-state index < -0.39 is 0 Å². The molecule has 12 aromatic carbocycles. The van der Waals surface area contributed by atoms with E-state index in [9.17, 15) is 0 Å². The van der Waals surface area contributed by atoms with Crippen molar-refractivity contribution >= 4 is 59.3 Å². The molecule has 1 atom stereocenters. The average molecular weight is 1000 g/mol. The Bertz CT molecular complexity index is 4470. The molecular formula is C75H53NS. The number of nitrogens with zero attached hydrogens (tertiary/aromatic N) is 1. The van der Waals surface area contributed by atoms with E-state index in [-0.39, 0.29) is 10.8 Å². The fraction of sp³-hybridized carbons (Fsp3) is 0.0667. The Hall–Kier alpha value is -9.08. The lowest BCUT2D eigenvalue weighted by Crippen LogP contribution is -2.22. The molecule has 15 rings (SSSR count). The molecule has 1 heterocycles. The van der Waals surface area contributed by atoms with E-state index in [2.05, 4.69) is 293 Å². The van der Waals surface area contributed by atoms with Gasteiger partial charge >= 0.3 is 0 Å². The first-order valence-corrected chi connectivity index (χ1v) is 27.7. The van der Waals surface area contributed by atoms with Crippen LogP contribution in [0, 0.1) is 0 Å². The molecule has 1 aromatic heterocycles. The van der Waals surface area contributed by atoms with Gasteiger partial charge in [0.25, 0.3) is 0 Å². The molecular weight excluding hydrogens is 947 g/mol. The van der Waals surface area contributed by atoms with Crippen molar-refractivity contribution in [3.8, 4) is 66.8 Å². The van der Waals surface area contributed by atoms with E-state index in [1.807, 2.05) is 11.3 Å². The summed E-state index contributed by atoms with van der Waals surface area (Å²) < 4.78 is 2.66. The largest absolute Gasteiger partial charge is 0.311 e. The maximum atomic E-state index is 2.44. The summed E-state index contributed by atoms with van der Waals surface area (Å²) in [6.45, 7) is 7.15. The number of thiophene rings is 1. The molecule has 0 bridgehead atoms. The summed E-state index contributed by atoms with van der Waals surface area (Å²) in [6, 6.07) is 99.5. The quantitative estimate of drug-likeness (QED) is 0.147. The summed E-state index contributed by atoms with van der Waals surface area (Å²) in [5.41, 5.74) is 24.8. The predicted octanol–water partition coefficient (Wildman–Crippen LogP) is 21.0. The summed E-state index contributed by atoms with van der Waals surface area (Å²) in [4.78, 5) is 2.41. The summed E-state index contributed by atoms with van der Waals surface area (Å²) in [5, 5.41) is 5.23. The van der Waals surface area contributed by atoms with Gasteiger partial charge in [0.2, 0.25) is 0 Å². The molecule has 0 N–H and O–H groups in total. The molecule has 2 heteroatoms. The zero-order chi connectivity index (χ0) is 51.4. The van der Waals surface area contributed by atoms with Crippen LogP contribution in [0.2, 0.25) is 0 Å². The fourth-order valence-corrected chi connectivity index (χ4v) is 14.7. The normalized spacial score (nSPS) is 14.8. The number of benzene rings is 12. The van der Waals surface area contributed by atoms with Crippen molar-refractivity contribution in [1.29, 1.82) is 0 Å². The number of anilines is 3. The Labute approximate surface area is 454 Å². The van der Waals surface area contributed by atoms with Crippen molar-refractivity contribution < 1.29 is 0 Å². The van der Waals surface area contributed by atoms with Crippen LogP contribution in [0.25, 0.3) is 97.7 Å². The van der Waals surface area contributed by atoms with Crippen molar-refractivity contribution in [2.75, 3.05) is 4.90 Å². The van der Waals surface area contributed by atoms with Gasteiger partial charge in [0, 0.05) is 48.1 Å². The molecule has 0 spiro atoms. The SMILES string of the molecule is CC1(C)c2ccccc2-c2cccc(-c3ccccc3-c3ccc(N(c4ccc(-c5ccc6c(c5)C(C)(c5ccccc5)c5ccccc5-6)cc4)c4ccc(-c5cccc6sc7c8ccccc8ccc7c56)cc4)cc3)c21. The third-order valence-electron chi connectivity index (χ3n) is 17.2. The number of rotatable bonds is 8. The van der Waals surface area contributed by atoms with Crippen molar-refractivity contribution in [2.24, 2.45) is 0 Å². The minimum absolute atomic E-state index is 0.126. The van der Waals surface area contributed by atoms with E-state index in [0.29, 0.717) is 0 Å². The molecule has 2 aliphatic rings. The fourth-order valence-electron chi connectivity index (χ4n) is 13.4. The van der Waals surface area contributed by atoms with E-state index >= 15 is 0 Å². The van der Waals surface area contributed by atoms with Crippen LogP contribution in [0.4, 0.5) is 17.1 Å². The van der Waals surface area contributed by atoms with Crippen molar-refractivity contribution in [2.45, 2.75) is 31.6 Å². The minimum Gasteiger partial charge on any atom is -0.311 e. The topological polar surface area (TPSA) is 3.24 Å². The van der Waals surface area contributed by atoms with Gasteiger partial charge in [0.1, 0.15) is 0 Å². The van der Waals surface area contributed by atoms with Crippen LogP contribution in [-0.2, 0) is 10.8 Å². The van der Waals surface area contributed by atoms with Gasteiger partial charge in [-0.1, -0.05) is 232 Å². The summed E-state index contributed by atoms with van der Waals surface area (Å²) >= 11 is 1.90. The van der Waals surface area contributed by atoms with Crippen LogP contribution in [0.15, 0.2) is 267 Å². The van der Waals surface area contributed by atoms with Crippen molar-refractivity contribution in [1.82, 2.24) is 0 Å². The van der Waals surface area contributed by atoms with Crippen LogP contribution in [-0.4, -0.2) is 0 Å². The maximum absolute atomic E-state index is 2.44. The predicted molar refractivity (Wildman–Crippen MR) is 328 cm³/mol. The Morgan fingerprint density at radius 1 is 0.325 bits per heavy atom. The van der Waals surface area contributed by atoms with Gasteiger partial charge in [-0.2, -0.15) is 0 Å². The van der Waals surface area contributed by atoms with E-state index in [4.69, 9.17) is 0 Å². The molecule has 0 radical (unpaired) electrons. The molecule has 1 unspecified atom stereocenters. The third-order valence-corrected chi connectivity index (χ3v) is 18.4. The maximum Gasteiger partial charge on any atom is 0.0462 e. The van der Waals surface area contributed by atoms with Crippen LogP contribution < -0.4 is 4.90 Å². The Morgan fingerprint density at radius 2 is 0.831 bits per heavy atom. The number of hydrogen-bond donors (Lipinski definition) is 0. The van der Waals surface area contributed by atoms with Crippen molar-refractivity contribution in [3.05, 3.63) is 295 Å². The lowest BCUT2D eigenvalue weighted by molar-refractivity contribution is 0.662. The first kappa shape index (κ1) is 45.3. The van der Waals surface area contributed by atoms with E-state index in [1.54, 1.807) is 0 Å². The van der Waals surface area contributed by atoms with Crippen LogP contribution in [0.3, 0.4) is 0 Å². The molecule has 364 valence electrons. The van der Waals surface area contributed by atoms with Crippen LogP contribution >= 0.6 is 11.3 Å². The highest BCUT2D eigenvalue weighted by molar-refractivity contribution is 7.26. The number of fused-ring (bicyclic) bond motifs is 11. The van der Waals surface area contributed by atoms with Gasteiger partial charge in [-0.05, 0) is 161 Å². The Kier molecular flexibility index (Phi) is 10.3. The standard InChI is InChI=1S/C75H53NS/c1-74(2)67-28-13-11-24-62(67)65-27-15-26-64(72(65)74)60-22-10-9-20-57(60)50-33-41-55(42-34-50)76(56-43-35-51(36-44-56)58-25-16-30-70-71(58)66-46-37-49-17-7-8-21-59(49)73(66)77-70)54-39-31-48(32-40-54)52-38-45-63-61-23-12-14-29-68(61)75(3,69(63)47-52)53-18-5-4-6-19-53/h4-47H,1-3H3. The highest BCUT2D eigenvalue weighted by Crippen LogP contribution is 2.55. The molecule has 77 heavy (non-hydrogen) atoms. The molecule has 0 saturated heterocycles. The highest BCUT2D eigenvalue weighted by Gasteiger charge is 2.41. The minimum atomic E-state index is -0.265. The average Bonchev–Trinajstić information content (AvgIpc) is 4.26. The van der Waals surface area contributed by atoms with Gasteiger partial charge in [-0.15, -0.1) is 11.3 Å². The van der Waals surface area contributed by atoms with Gasteiger partial charge < -0.3 is 4.90 Å². The molecule has 1 nitrogen and oxygen atoms in total. The van der Waals surface area contributed by atoms with E-state index in [1.165, 1.54) is 126 Å².